The number of anilines is 2. The summed E-state index contributed by atoms with van der Waals surface area (Å²) < 4.78 is 5.76. The molecule has 0 spiro atoms. The summed E-state index contributed by atoms with van der Waals surface area (Å²) in [7, 11) is 0. The summed E-state index contributed by atoms with van der Waals surface area (Å²) in [5, 5.41) is 17.1. The van der Waals surface area contributed by atoms with Crippen LogP contribution in [0.5, 0.6) is 5.75 Å². The van der Waals surface area contributed by atoms with Crippen molar-refractivity contribution in [3.05, 3.63) is 57.7 Å². The van der Waals surface area contributed by atoms with E-state index in [2.05, 4.69) is 16.4 Å². The number of rotatable bonds is 5. The van der Waals surface area contributed by atoms with Crippen LogP contribution in [0.4, 0.5) is 10.8 Å². The second-order valence-electron chi connectivity index (χ2n) is 4.15. The molecule has 6 heteroatoms. The number of ether oxygens (including phenoxy) is 1. The summed E-state index contributed by atoms with van der Waals surface area (Å²) in [6.45, 7) is 0.465. The van der Waals surface area contributed by atoms with E-state index >= 15 is 0 Å². The van der Waals surface area contributed by atoms with Gasteiger partial charge in [-0.1, -0.05) is 6.07 Å². The van der Waals surface area contributed by atoms with E-state index < -0.39 is 0 Å². The topological polar surface area (TPSA) is 57.9 Å². The van der Waals surface area contributed by atoms with Gasteiger partial charge in [-0.25, -0.2) is 4.98 Å². The molecule has 1 aromatic carbocycles. The number of nitriles is 1. The van der Waals surface area contributed by atoms with E-state index in [4.69, 9.17) is 10.00 Å². The zero-order chi connectivity index (χ0) is 14.5. The largest absolute Gasteiger partial charge is 0.487 e. The predicted octanol–water partition coefficient (Wildman–Crippen LogP) is 4.40. The minimum Gasteiger partial charge on any atom is -0.487 e. The molecule has 0 saturated carbocycles. The first-order valence-electron chi connectivity index (χ1n) is 6.21. The third kappa shape index (κ3) is 3.40. The molecule has 0 radical (unpaired) electrons. The highest BCUT2D eigenvalue weighted by molar-refractivity contribution is 7.13. The fraction of sp³-hybridized carbons (Fsp3) is 0.0667. The molecule has 0 atom stereocenters. The first-order valence-corrected chi connectivity index (χ1v) is 7.97. The Morgan fingerprint density at radius 2 is 2.19 bits per heavy atom. The van der Waals surface area contributed by atoms with Crippen molar-refractivity contribution in [1.29, 1.82) is 5.26 Å². The molecule has 0 aliphatic rings. The van der Waals surface area contributed by atoms with Crippen molar-refractivity contribution in [3.63, 3.8) is 0 Å². The zero-order valence-corrected chi connectivity index (χ0v) is 12.6. The van der Waals surface area contributed by atoms with Crippen molar-refractivity contribution in [2.75, 3.05) is 5.32 Å². The molecule has 2 aromatic heterocycles. The Bertz CT molecular complexity index is 746. The molecular weight excluding hydrogens is 302 g/mol. The van der Waals surface area contributed by atoms with Gasteiger partial charge in [-0.15, -0.1) is 22.7 Å². The second-order valence-corrected chi connectivity index (χ2v) is 6.08. The molecule has 0 amide bonds. The van der Waals surface area contributed by atoms with E-state index in [1.165, 1.54) is 11.3 Å². The van der Waals surface area contributed by atoms with Crippen molar-refractivity contribution < 1.29 is 4.74 Å². The van der Waals surface area contributed by atoms with Crippen molar-refractivity contribution >= 4 is 33.5 Å². The van der Waals surface area contributed by atoms with Gasteiger partial charge in [0.25, 0.3) is 0 Å². The maximum absolute atomic E-state index is 9.17. The summed E-state index contributed by atoms with van der Waals surface area (Å²) >= 11 is 3.15. The van der Waals surface area contributed by atoms with Crippen LogP contribution < -0.4 is 10.1 Å². The Morgan fingerprint density at radius 3 is 2.90 bits per heavy atom. The highest BCUT2D eigenvalue weighted by Gasteiger charge is 2.07. The maximum atomic E-state index is 9.17. The summed E-state index contributed by atoms with van der Waals surface area (Å²) in [4.78, 5) is 5.30. The first-order chi connectivity index (χ1) is 10.3. The average molecular weight is 313 g/mol. The van der Waals surface area contributed by atoms with Gasteiger partial charge in [-0.2, -0.15) is 5.26 Å². The van der Waals surface area contributed by atoms with Gasteiger partial charge in [0.05, 0.1) is 5.56 Å². The molecule has 2 heterocycles. The standard InChI is InChI=1S/C15H11N3OS2/c16-9-11-3-4-12(18-15-17-5-7-21-15)8-14(11)19-10-13-2-1-6-20-13/h1-8H,10H2,(H,17,18). The third-order valence-corrected chi connectivity index (χ3v) is 4.27. The number of nitrogens with one attached hydrogen (secondary N) is 1. The van der Waals surface area contributed by atoms with Crippen molar-refractivity contribution in [1.82, 2.24) is 4.98 Å². The predicted molar refractivity (Wildman–Crippen MR) is 85.2 cm³/mol. The van der Waals surface area contributed by atoms with E-state index in [9.17, 15) is 0 Å². The van der Waals surface area contributed by atoms with Crippen molar-refractivity contribution in [2.24, 2.45) is 0 Å². The van der Waals surface area contributed by atoms with Gasteiger partial charge in [0.2, 0.25) is 0 Å². The molecule has 0 aliphatic heterocycles. The van der Waals surface area contributed by atoms with Crippen LogP contribution in [0.3, 0.4) is 0 Å². The van der Waals surface area contributed by atoms with E-state index in [1.807, 2.05) is 35.0 Å². The Balaban J connectivity index is 1.78. The van der Waals surface area contributed by atoms with Gasteiger partial charge in [0, 0.05) is 28.2 Å². The van der Waals surface area contributed by atoms with Gasteiger partial charge < -0.3 is 10.1 Å². The van der Waals surface area contributed by atoms with Crippen molar-refractivity contribution in [2.45, 2.75) is 6.61 Å². The molecule has 0 bridgehead atoms. The highest BCUT2D eigenvalue weighted by Crippen LogP contribution is 2.27. The lowest BCUT2D eigenvalue weighted by Crippen LogP contribution is -1.97. The molecule has 1 N–H and O–H groups in total. The minimum atomic E-state index is 0.465. The Hall–Kier alpha value is -2.36. The summed E-state index contributed by atoms with van der Waals surface area (Å²) in [5.74, 6) is 0.576. The van der Waals surface area contributed by atoms with E-state index in [0.29, 0.717) is 17.9 Å². The third-order valence-electron chi connectivity index (χ3n) is 2.74. The van der Waals surface area contributed by atoms with Gasteiger partial charge in [-0.05, 0) is 23.6 Å². The number of hydrogen-bond donors (Lipinski definition) is 1. The fourth-order valence-electron chi connectivity index (χ4n) is 1.76. The molecule has 21 heavy (non-hydrogen) atoms. The molecule has 0 saturated heterocycles. The monoisotopic (exact) mass is 313 g/mol. The zero-order valence-electron chi connectivity index (χ0n) is 10.9. The van der Waals surface area contributed by atoms with Gasteiger partial charge >= 0.3 is 0 Å². The van der Waals surface area contributed by atoms with E-state index in [-0.39, 0.29) is 0 Å². The molecule has 0 aliphatic carbocycles. The summed E-state index contributed by atoms with van der Waals surface area (Å²) in [6.07, 6.45) is 1.74. The molecule has 4 nitrogen and oxygen atoms in total. The van der Waals surface area contributed by atoms with Gasteiger partial charge in [0.15, 0.2) is 5.13 Å². The van der Waals surface area contributed by atoms with Crippen LogP contribution in [0.2, 0.25) is 0 Å². The van der Waals surface area contributed by atoms with Crippen LogP contribution in [0.1, 0.15) is 10.4 Å². The summed E-state index contributed by atoms with van der Waals surface area (Å²) in [5.41, 5.74) is 1.38. The number of thiazole rings is 1. The van der Waals surface area contributed by atoms with E-state index in [0.717, 1.165) is 15.7 Å². The lowest BCUT2D eigenvalue weighted by Gasteiger charge is -2.09. The Labute approximate surface area is 130 Å². The van der Waals surface area contributed by atoms with Gasteiger partial charge in [-0.3, -0.25) is 0 Å². The number of thiophene rings is 1. The van der Waals surface area contributed by atoms with Crippen LogP contribution in [-0.2, 0) is 6.61 Å². The molecule has 0 fully saturated rings. The van der Waals surface area contributed by atoms with Gasteiger partial charge in [0.1, 0.15) is 18.4 Å². The van der Waals surface area contributed by atoms with Crippen LogP contribution in [0, 0.1) is 11.3 Å². The number of hydrogen-bond acceptors (Lipinski definition) is 6. The first kappa shape index (κ1) is 13.6. The van der Waals surface area contributed by atoms with Crippen LogP contribution >= 0.6 is 22.7 Å². The maximum Gasteiger partial charge on any atom is 0.187 e. The smallest absolute Gasteiger partial charge is 0.187 e. The molecule has 0 unspecified atom stereocenters. The Morgan fingerprint density at radius 1 is 1.24 bits per heavy atom. The number of nitrogens with zero attached hydrogens (tertiary/aromatic N) is 2. The average Bonchev–Trinajstić information content (AvgIpc) is 3.18. The molecule has 104 valence electrons. The number of benzene rings is 1. The van der Waals surface area contributed by atoms with Crippen LogP contribution in [0.25, 0.3) is 0 Å². The fourth-order valence-corrected chi connectivity index (χ4v) is 2.93. The second kappa shape index (κ2) is 6.39. The molecule has 3 rings (SSSR count). The summed E-state index contributed by atoms with van der Waals surface area (Å²) in [6, 6.07) is 11.6. The van der Waals surface area contributed by atoms with E-state index in [1.54, 1.807) is 23.6 Å². The van der Waals surface area contributed by atoms with Crippen molar-refractivity contribution in [3.8, 4) is 11.8 Å². The highest BCUT2D eigenvalue weighted by atomic mass is 32.1. The minimum absolute atomic E-state index is 0.465. The van der Waals surface area contributed by atoms with Crippen LogP contribution in [-0.4, -0.2) is 4.98 Å². The Kier molecular flexibility index (Phi) is 4.15. The lowest BCUT2D eigenvalue weighted by molar-refractivity contribution is 0.309. The number of aromatic nitrogens is 1. The normalized spacial score (nSPS) is 10.0. The SMILES string of the molecule is N#Cc1ccc(Nc2nccs2)cc1OCc1cccs1. The quantitative estimate of drug-likeness (QED) is 0.758. The molecule has 3 aromatic rings. The van der Waals surface area contributed by atoms with Crippen LogP contribution in [0.15, 0.2) is 47.3 Å². The molecular formula is C15H11N3OS2. The lowest BCUT2D eigenvalue weighted by atomic mass is 10.2.